The van der Waals surface area contributed by atoms with Crippen molar-refractivity contribution in [3.8, 4) is 0 Å². The van der Waals surface area contributed by atoms with E-state index in [0.717, 1.165) is 5.39 Å². The summed E-state index contributed by atoms with van der Waals surface area (Å²) in [5.41, 5.74) is 2.36. The van der Waals surface area contributed by atoms with Crippen molar-refractivity contribution in [3.05, 3.63) is 18.3 Å². The SMILES string of the molecule is CC(C)S(=O)(=O)N1CCN(c2cc(S(=O)(=O)NC3(C)COC3)cc3c2cnn3N2CSC=N2)CC1. The van der Waals surface area contributed by atoms with Gasteiger partial charge in [0.15, 0.2) is 0 Å². The highest BCUT2D eigenvalue weighted by Crippen LogP contribution is 2.33. The molecule has 2 saturated heterocycles. The third-order valence-electron chi connectivity index (χ3n) is 6.35. The van der Waals surface area contributed by atoms with Gasteiger partial charge in [0.25, 0.3) is 0 Å². The van der Waals surface area contributed by atoms with Gasteiger partial charge in [-0.05, 0) is 32.9 Å². The van der Waals surface area contributed by atoms with Crippen LogP contribution in [0.3, 0.4) is 0 Å². The number of hydrogen-bond acceptors (Lipinski definition) is 10. The molecule has 2 aromatic rings. The number of thioether (sulfide) groups is 1. The van der Waals surface area contributed by atoms with Gasteiger partial charge in [0.05, 0.1) is 46.2 Å². The number of piperazine rings is 1. The Hall–Kier alpha value is -1.91. The van der Waals surface area contributed by atoms with Crippen LogP contribution in [0.25, 0.3) is 10.9 Å². The zero-order valence-corrected chi connectivity index (χ0v) is 22.2. The molecule has 12 nitrogen and oxygen atoms in total. The van der Waals surface area contributed by atoms with Crippen molar-refractivity contribution in [2.24, 2.45) is 5.10 Å². The van der Waals surface area contributed by atoms with Gasteiger partial charge in [-0.1, -0.05) is 11.8 Å². The Balaban J connectivity index is 1.53. The molecule has 15 heteroatoms. The molecule has 1 aromatic heterocycles. The molecule has 3 aliphatic heterocycles. The third-order valence-corrected chi connectivity index (χ3v) is 10.9. The first-order valence-corrected chi connectivity index (χ1v) is 15.3. The fourth-order valence-corrected chi connectivity index (χ4v) is 7.57. The van der Waals surface area contributed by atoms with E-state index < -0.39 is 30.8 Å². The standard InChI is InChI=1S/C20H29N7O5S3/c1-15(2)35(30,31)25-6-4-24(5-7-25)18-8-16(34(28,29)23-20(3)11-32-12-20)9-19-17(18)10-21-27(19)26-14-33-13-22-26/h8-10,13,15,23H,4-7,11-12,14H2,1-3H3. The maximum Gasteiger partial charge on any atom is 0.241 e. The summed E-state index contributed by atoms with van der Waals surface area (Å²) >= 11 is 1.51. The molecule has 4 heterocycles. The summed E-state index contributed by atoms with van der Waals surface area (Å²) in [6.45, 7) is 7.31. The second-order valence-electron chi connectivity index (χ2n) is 9.44. The number of hydrogen-bond donors (Lipinski definition) is 1. The first-order valence-electron chi connectivity index (χ1n) is 11.3. The van der Waals surface area contributed by atoms with Gasteiger partial charge >= 0.3 is 0 Å². The van der Waals surface area contributed by atoms with Gasteiger partial charge in [-0.15, -0.1) is 0 Å². The number of nitrogens with zero attached hydrogens (tertiary/aromatic N) is 6. The molecule has 5 rings (SSSR count). The van der Waals surface area contributed by atoms with Crippen LogP contribution in [0.1, 0.15) is 20.8 Å². The largest absolute Gasteiger partial charge is 0.377 e. The number of fused-ring (bicyclic) bond motifs is 1. The molecule has 0 aliphatic carbocycles. The van der Waals surface area contributed by atoms with Gasteiger partial charge in [-0.3, -0.25) is 0 Å². The van der Waals surface area contributed by atoms with Gasteiger partial charge in [0.2, 0.25) is 20.0 Å². The third kappa shape index (κ3) is 4.53. The van der Waals surface area contributed by atoms with Crippen molar-refractivity contribution in [3.63, 3.8) is 0 Å². The van der Waals surface area contributed by atoms with Crippen molar-refractivity contribution < 1.29 is 21.6 Å². The van der Waals surface area contributed by atoms with Crippen LogP contribution < -0.4 is 14.7 Å². The van der Waals surface area contributed by atoms with E-state index in [9.17, 15) is 16.8 Å². The zero-order chi connectivity index (χ0) is 25.0. The van der Waals surface area contributed by atoms with Gasteiger partial charge < -0.3 is 9.64 Å². The van der Waals surface area contributed by atoms with Gasteiger partial charge in [-0.25, -0.2) is 21.6 Å². The average molecular weight is 544 g/mol. The summed E-state index contributed by atoms with van der Waals surface area (Å²) in [7, 11) is -7.22. The lowest BCUT2D eigenvalue weighted by Gasteiger charge is -2.38. The Morgan fingerprint density at radius 3 is 2.40 bits per heavy atom. The Morgan fingerprint density at radius 1 is 1.11 bits per heavy atom. The molecule has 0 spiro atoms. The number of hydrazone groups is 1. The molecule has 0 saturated carbocycles. The Bertz CT molecular complexity index is 1360. The molecule has 0 radical (unpaired) electrons. The molecule has 0 unspecified atom stereocenters. The molecular formula is C20H29N7O5S3. The summed E-state index contributed by atoms with van der Waals surface area (Å²) in [6.07, 6.45) is 1.70. The van der Waals surface area contributed by atoms with Crippen LogP contribution in [0.2, 0.25) is 0 Å². The van der Waals surface area contributed by atoms with E-state index in [4.69, 9.17) is 4.74 Å². The van der Waals surface area contributed by atoms with Crippen molar-refractivity contribution in [1.29, 1.82) is 0 Å². The summed E-state index contributed by atoms with van der Waals surface area (Å²) in [6, 6.07) is 3.25. The van der Waals surface area contributed by atoms with E-state index in [1.54, 1.807) is 47.6 Å². The van der Waals surface area contributed by atoms with Crippen molar-refractivity contribution in [1.82, 2.24) is 18.9 Å². The molecule has 35 heavy (non-hydrogen) atoms. The first-order chi connectivity index (χ1) is 16.5. The second kappa shape index (κ2) is 8.88. The van der Waals surface area contributed by atoms with Crippen LogP contribution in [0.5, 0.6) is 0 Å². The second-order valence-corrected chi connectivity index (χ2v) is 14.4. The van der Waals surface area contributed by atoms with Crippen LogP contribution in [-0.4, -0.2) is 92.6 Å². The number of nitrogens with one attached hydrogen (secondary N) is 1. The molecule has 0 amide bonds. The fourth-order valence-electron chi connectivity index (χ4n) is 4.33. The molecule has 1 aromatic carbocycles. The Kier molecular flexibility index (Phi) is 6.29. The highest BCUT2D eigenvalue weighted by Gasteiger charge is 2.38. The fraction of sp³-hybridized carbons (Fsp3) is 0.600. The minimum Gasteiger partial charge on any atom is -0.377 e. The lowest BCUT2D eigenvalue weighted by Crippen LogP contribution is -2.59. The van der Waals surface area contributed by atoms with Crippen molar-refractivity contribution in [2.45, 2.75) is 36.5 Å². The van der Waals surface area contributed by atoms with Crippen LogP contribution in [0.4, 0.5) is 5.69 Å². The van der Waals surface area contributed by atoms with E-state index in [1.165, 1.54) is 16.1 Å². The smallest absolute Gasteiger partial charge is 0.241 e. The minimum absolute atomic E-state index is 0.114. The number of aromatic nitrogens is 2. The molecule has 2 fully saturated rings. The molecule has 1 N–H and O–H groups in total. The normalized spacial score (nSPS) is 21.3. The lowest BCUT2D eigenvalue weighted by atomic mass is 10.0. The van der Waals surface area contributed by atoms with Crippen molar-refractivity contribution in [2.75, 3.05) is 55.3 Å². The Morgan fingerprint density at radius 2 is 1.83 bits per heavy atom. The van der Waals surface area contributed by atoms with E-state index in [-0.39, 0.29) is 4.90 Å². The number of sulfonamides is 2. The molecule has 0 atom stereocenters. The lowest BCUT2D eigenvalue weighted by molar-refractivity contribution is -0.0523. The predicted molar refractivity (Wildman–Crippen MR) is 136 cm³/mol. The highest BCUT2D eigenvalue weighted by molar-refractivity contribution is 8.12. The highest BCUT2D eigenvalue weighted by atomic mass is 32.2. The Labute approximate surface area is 209 Å². The zero-order valence-electron chi connectivity index (χ0n) is 19.8. The quantitative estimate of drug-likeness (QED) is 0.532. The van der Waals surface area contributed by atoms with Gasteiger partial charge in [0.1, 0.15) is 5.88 Å². The van der Waals surface area contributed by atoms with Crippen LogP contribution in [-0.2, 0) is 24.8 Å². The number of ether oxygens (including phenoxy) is 1. The predicted octanol–water partition coefficient (Wildman–Crippen LogP) is 0.549. The van der Waals surface area contributed by atoms with E-state index in [1.807, 2.05) is 11.8 Å². The van der Waals surface area contributed by atoms with Gasteiger partial charge in [-0.2, -0.15) is 24.4 Å². The minimum atomic E-state index is -3.86. The van der Waals surface area contributed by atoms with E-state index in [2.05, 4.69) is 14.9 Å². The maximum absolute atomic E-state index is 13.4. The summed E-state index contributed by atoms with van der Waals surface area (Å²) in [5, 5.41) is 10.7. The monoisotopic (exact) mass is 543 g/mol. The molecular weight excluding hydrogens is 514 g/mol. The summed E-state index contributed by atoms with van der Waals surface area (Å²) < 4.78 is 61.5. The number of rotatable bonds is 7. The molecule has 192 valence electrons. The molecule has 0 bridgehead atoms. The van der Waals surface area contributed by atoms with E-state index in [0.29, 0.717) is 56.5 Å². The van der Waals surface area contributed by atoms with Crippen molar-refractivity contribution >= 4 is 53.9 Å². The summed E-state index contributed by atoms with van der Waals surface area (Å²) in [4.78, 5) is 3.74. The van der Waals surface area contributed by atoms with Crippen LogP contribution >= 0.6 is 11.8 Å². The van der Waals surface area contributed by atoms with Gasteiger partial charge in [0, 0.05) is 37.3 Å². The first kappa shape index (κ1) is 24.8. The summed E-state index contributed by atoms with van der Waals surface area (Å²) in [5.74, 6) is 0.558. The van der Waals surface area contributed by atoms with Crippen LogP contribution in [0, 0.1) is 0 Å². The molecule has 3 aliphatic rings. The number of benzene rings is 1. The maximum atomic E-state index is 13.4. The average Bonchev–Trinajstić information content (AvgIpc) is 3.46. The number of anilines is 1. The topological polar surface area (TPSA) is 129 Å². The van der Waals surface area contributed by atoms with Crippen LogP contribution in [0.15, 0.2) is 28.3 Å². The van der Waals surface area contributed by atoms with E-state index >= 15 is 0 Å².